The van der Waals surface area contributed by atoms with Gasteiger partial charge in [-0.1, -0.05) is 13.8 Å². The van der Waals surface area contributed by atoms with Gasteiger partial charge in [0.05, 0.1) is 13.2 Å². The van der Waals surface area contributed by atoms with Crippen molar-refractivity contribution in [2.75, 3.05) is 26.4 Å². The van der Waals surface area contributed by atoms with Crippen LogP contribution in [0.15, 0.2) is 0 Å². The van der Waals surface area contributed by atoms with E-state index < -0.39 is 5.41 Å². The van der Waals surface area contributed by atoms with Crippen LogP contribution in [-0.2, 0) is 14.3 Å². The highest BCUT2D eigenvalue weighted by Crippen LogP contribution is 2.28. The Hall–Kier alpha value is -0.610. The summed E-state index contributed by atoms with van der Waals surface area (Å²) >= 11 is 0. The van der Waals surface area contributed by atoms with E-state index in [0.717, 1.165) is 0 Å². The van der Waals surface area contributed by atoms with E-state index >= 15 is 0 Å². The van der Waals surface area contributed by atoms with Crippen LogP contribution in [-0.4, -0.2) is 32.3 Å². The summed E-state index contributed by atoms with van der Waals surface area (Å²) in [5.41, 5.74) is 5.00. The van der Waals surface area contributed by atoms with Gasteiger partial charge in [0.15, 0.2) is 0 Å². The van der Waals surface area contributed by atoms with E-state index in [1.165, 1.54) is 0 Å². The van der Waals surface area contributed by atoms with Crippen LogP contribution < -0.4 is 5.73 Å². The second-order valence-corrected chi connectivity index (χ2v) is 3.87. The SMILES string of the molecule is CCOCC(CN)(C(=O)OCC)C(C)C. The molecule has 1 atom stereocenters. The van der Waals surface area contributed by atoms with E-state index in [1.807, 2.05) is 20.8 Å². The van der Waals surface area contributed by atoms with E-state index in [4.69, 9.17) is 15.2 Å². The average Bonchev–Trinajstić information content (AvgIpc) is 2.19. The molecule has 0 spiro atoms. The molecule has 0 saturated heterocycles. The molecule has 0 bridgehead atoms. The van der Waals surface area contributed by atoms with Crippen LogP contribution in [0.5, 0.6) is 0 Å². The molecule has 0 aliphatic carbocycles. The molecule has 0 aliphatic heterocycles. The molecule has 0 aromatic carbocycles. The van der Waals surface area contributed by atoms with Crippen molar-refractivity contribution in [2.45, 2.75) is 27.7 Å². The molecule has 15 heavy (non-hydrogen) atoms. The lowest BCUT2D eigenvalue weighted by Crippen LogP contribution is -2.48. The van der Waals surface area contributed by atoms with Crippen molar-refractivity contribution in [3.63, 3.8) is 0 Å². The predicted molar refractivity (Wildman–Crippen MR) is 59.5 cm³/mol. The van der Waals surface area contributed by atoms with Gasteiger partial charge in [-0.05, 0) is 19.8 Å². The Balaban J connectivity index is 4.71. The van der Waals surface area contributed by atoms with Gasteiger partial charge in [0.1, 0.15) is 5.41 Å². The van der Waals surface area contributed by atoms with E-state index in [0.29, 0.717) is 19.8 Å². The third-order valence-electron chi connectivity index (χ3n) is 2.72. The fraction of sp³-hybridized carbons (Fsp3) is 0.909. The molecule has 4 nitrogen and oxygen atoms in total. The van der Waals surface area contributed by atoms with Crippen molar-refractivity contribution in [3.8, 4) is 0 Å². The molecule has 0 rings (SSSR count). The molecule has 0 aromatic heterocycles. The minimum Gasteiger partial charge on any atom is -0.465 e. The lowest BCUT2D eigenvalue weighted by molar-refractivity contribution is -0.162. The third kappa shape index (κ3) is 3.47. The van der Waals surface area contributed by atoms with Crippen molar-refractivity contribution in [1.29, 1.82) is 0 Å². The van der Waals surface area contributed by atoms with Crippen LogP contribution in [0.4, 0.5) is 0 Å². The quantitative estimate of drug-likeness (QED) is 0.651. The first-order chi connectivity index (χ1) is 7.05. The Morgan fingerprint density at radius 3 is 2.27 bits per heavy atom. The monoisotopic (exact) mass is 217 g/mol. The summed E-state index contributed by atoms with van der Waals surface area (Å²) in [6.07, 6.45) is 0. The summed E-state index contributed by atoms with van der Waals surface area (Å²) in [6, 6.07) is 0. The van der Waals surface area contributed by atoms with Gasteiger partial charge < -0.3 is 15.2 Å². The molecular formula is C11H23NO3. The van der Waals surface area contributed by atoms with E-state index in [-0.39, 0.29) is 18.4 Å². The van der Waals surface area contributed by atoms with Crippen LogP contribution in [0.25, 0.3) is 0 Å². The first kappa shape index (κ1) is 14.4. The maximum Gasteiger partial charge on any atom is 0.315 e. The summed E-state index contributed by atoms with van der Waals surface area (Å²) in [7, 11) is 0. The summed E-state index contributed by atoms with van der Waals surface area (Å²) < 4.78 is 10.4. The van der Waals surface area contributed by atoms with Gasteiger partial charge in [0.2, 0.25) is 0 Å². The van der Waals surface area contributed by atoms with Crippen molar-refractivity contribution in [2.24, 2.45) is 17.1 Å². The normalized spacial score (nSPS) is 15.1. The van der Waals surface area contributed by atoms with E-state index in [1.54, 1.807) is 6.92 Å². The predicted octanol–water partition coefficient (Wildman–Crippen LogP) is 1.19. The van der Waals surface area contributed by atoms with E-state index in [9.17, 15) is 4.79 Å². The maximum absolute atomic E-state index is 11.9. The minimum atomic E-state index is -0.702. The van der Waals surface area contributed by atoms with E-state index in [2.05, 4.69) is 0 Å². The Labute approximate surface area is 92.1 Å². The van der Waals surface area contributed by atoms with Crippen molar-refractivity contribution in [1.82, 2.24) is 0 Å². The fourth-order valence-electron chi connectivity index (χ4n) is 1.40. The molecule has 4 heteroatoms. The number of rotatable bonds is 7. The molecule has 0 heterocycles. The molecule has 0 saturated carbocycles. The van der Waals surface area contributed by atoms with Crippen molar-refractivity contribution >= 4 is 5.97 Å². The molecular weight excluding hydrogens is 194 g/mol. The Morgan fingerprint density at radius 2 is 1.93 bits per heavy atom. The van der Waals surface area contributed by atoms with Crippen molar-refractivity contribution in [3.05, 3.63) is 0 Å². The standard InChI is InChI=1S/C11H23NO3/c1-5-14-8-11(7-12,9(3)4)10(13)15-6-2/h9H,5-8,12H2,1-4H3. The number of nitrogens with two attached hydrogens (primary N) is 1. The largest absolute Gasteiger partial charge is 0.465 e. The smallest absolute Gasteiger partial charge is 0.315 e. The zero-order valence-corrected chi connectivity index (χ0v) is 10.2. The number of hydrogen-bond donors (Lipinski definition) is 1. The number of ether oxygens (including phenoxy) is 2. The van der Waals surface area contributed by atoms with Crippen LogP contribution in [0.2, 0.25) is 0 Å². The van der Waals surface area contributed by atoms with Crippen LogP contribution in [0, 0.1) is 11.3 Å². The molecule has 2 N–H and O–H groups in total. The van der Waals surface area contributed by atoms with Gasteiger partial charge in [-0.25, -0.2) is 0 Å². The summed E-state index contributed by atoms with van der Waals surface area (Å²) in [5, 5.41) is 0. The third-order valence-corrected chi connectivity index (χ3v) is 2.72. The van der Waals surface area contributed by atoms with Gasteiger partial charge in [-0.2, -0.15) is 0 Å². The van der Waals surface area contributed by atoms with Gasteiger partial charge >= 0.3 is 5.97 Å². The van der Waals surface area contributed by atoms with Gasteiger partial charge in [-0.3, -0.25) is 4.79 Å². The highest BCUT2D eigenvalue weighted by molar-refractivity contribution is 5.77. The molecule has 0 amide bonds. The van der Waals surface area contributed by atoms with Gasteiger partial charge in [-0.15, -0.1) is 0 Å². The fourth-order valence-corrected chi connectivity index (χ4v) is 1.40. The topological polar surface area (TPSA) is 61.5 Å². The Morgan fingerprint density at radius 1 is 1.33 bits per heavy atom. The summed E-state index contributed by atoms with van der Waals surface area (Å²) in [4.78, 5) is 11.9. The zero-order valence-electron chi connectivity index (χ0n) is 10.2. The number of carbonyl (C=O) groups excluding carboxylic acids is 1. The number of esters is 1. The highest BCUT2D eigenvalue weighted by Gasteiger charge is 2.42. The van der Waals surface area contributed by atoms with Crippen LogP contribution >= 0.6 is 0 Å². The highest BCUT2D eigenvalue weighted by atomic mass is 16.5. The lowest BCUT2D eigenvalue weighted by atomic mass is 9.78. The van der Waals surface area contributed by atoms with Crippen molar-refractivity contribution < 1.29 is 14.3 Å². The first-order valence-corrected chi connectivity index (χ1v) is 5.50. The Bertz CT molecular complexity index is 194. The molecule has 0 aliphatic rings. The molecule has 0 radical (unpaired) electrons. The van der Waals surface area contributed by atoms with Crippen LogP contribution in [0.1, 0.15) is 27.7 Å². The number of hydrogen-bond acceptors (Lipinski definition) is 4. The molecule has 0 aromatic rings. The summed E-state index contributed by atoms with van der Waals surface area (Å²) in [6.45, 7) is 9.14. The second kappa shape index (κ2) is 6.80. The average molecular weight is 217 g/mol. The Kier molecular flexibility index (Phi) is 6.52. The molecule has 90 valence electrons. The lowest BCUT2D eigenvalue weighted by Gasteiger charge is -2.33. The number of carbonyl (C=O) groups is 1. The minimum absolute atomic E-state index is 0.105. The molecule has 1 unspecified atom stereocenters. The first-order valence-electron chi connectivity index (χ1n) is 5.50. The van der Waals surface area contributed by atoms with Gasteiger partial charge in [0, 0.05) is 13.2 Å². The zero-order chi connectivity index (χ0) is 11.9. The summed E-state index contributed by atoms with van der Waals surface area (Å²) in [5.74, 6) is -0.149. The molecule has 0 fully saturated rings. The van der Waals surface area contributed by atoms with Crippen LogP contribution in [0.3, 0.4) is 0 Å². The maximum atomic E-state index is 11.9. The van der Waals surface area contributed by atoms with Gasteiger partial charge in [0.25, 0.3) is 0 Å². The second-order valence-electron chi connectivity index (χ2n) is 3.87.